The van der Waals surface area contributed by atoms with Crippen LogP contribution in [-0.4, -0.2) is 67.6 Å². The van der Waals surface area contributed by atoms with E-state index in [1.807, 2.05) is 7.05 Å². The molecule has 0 atom stereocenters. The normalized spacial score (nSPS) is 16.9. The molecule has 152 valence electrons. The highest BCUT2D eigenvalue weighted by Crippen LogP contribution is 2.16. The molecule has 0 aromatic heterocycles. The zero-order chi connectivity index (χ0) is 19.6. The highest BCUT2D eigenvalue weighted by atomic mass is 79.9. The predicted molar refractivity (Wildman–Crippen MR) is 119 cm³/mol. The van der Waals surface area contributed by atoms with Crippen molar-refractivity contribution in [2.24, 2.45) is 4.99 Å². The molecule has 2 N–H and O–H groups in total. The van der Waals surface area contributed by atoms with Gasteiger partial charge in [0.15, 0.2) is 5.96 Å². The Hall–Kier alpha value is -1.11. The SMILES string of the molecule is CCN(CCNC(=NC)NC1CCN(Cc2ccc(Br)cc2)CC1)C(C)C. The molecule has 0 bridgehead atoms. The van der Waals surface area contributed by atoms with Crippen molar-refractivity contribution in [2.75, 3.05) is 39.8 Å². The lowest BCUT2D eigenvalue weighted by atomic mass is 10.0. The lowest BCUT2D eigenvalue weighted by Gasteiger charge is -2.33. The van der Waals surface area contributed by atoms with Crippen molar-refractivity contribution in [2.45, 2.75) is 52.2 Å². The minimum Gasteiger partial charge on any atom is -0.355 e. The number of hydrogen-bond acceptors (Lipinski definition) is 3. The van der Waals surface area contributed by atoms with Crippen molar-refractivity contribution in [1.29, 1.82) is 0 Å². The summed E-state index contributed by atoms with van der Waals surface area (Å²) < 4.78 is 1.14. The fourth-order valence-corrected chi connectivity index (χ4v) is 3.84. The van der Waals surface area contributed by atoms with Gasteiger partial charge in [-0.3, -0.25) is 14.8 Å². The highest BCUT2D eigenvalue weighted by Gasteiger charge is 2.20. The molecule has 1 heterocycles. The van der Waals surface area contributed by atoms with Crippen molar-refractivity contribution < 1.29 is 0 Å². The Labute approximate surface area is 173 Å². The van der Waals surface area contributed by atoms with Gasteiger partial charge >= 0.3 is 0 Å². The van der Waals surface area contributed by atoms with Crippen LogP contribution < -0.4 is 10.6 Å². The molecule has 1 saturated heterocycles. The Balaban J connectivity index is 1.69. The Morgan fingerprint density at radius 3 is 2.48 bits per heavy atom. The second-order valence-corrected chi connectivity index (χ2v) is 8.46. The lowest BCUT2D eigenvalue weighted by Crippen LogP contribution is -2.49. The first-order valence-corrected chi connectivity index (χ1v) is 11.0. The minimum atomic E-state index is 0.504. The van der Waals surface area contributed by atoms with Crippen LogP contribution in [0.2, 0.25) is 0 Å². The van der Waals surface area contributed by atoms with Gasteiger partial charge in [0.1, 0.15) is 0 Å². The van der Waals surface area contributed by atoms with Crippen molar-refractivity contribution >= 4 is 21.9 Å². The van der Waals surface area contributed by atoms with E-state index in [1.165, 1.54) is 5.56 Å². The van der Waals surface area contributed by atoms with Crippen LogP contribution in [0.1, 0.15) is 39.2 Å². The van der Waals surface area contributed by atoms with E-state index in [0.29, 0.717) is 12.1 Å². The van der Waals surface area contributed by atoms with Crippen molar-refractivity contribution in [3.63, 3.8) is 0 Å². The molecule has 0 saturated carbocycles. The second kappa shape index (κ2) is 11.7. The molecule has 1 fully saturated rings. The molecule has 27 heavy (non-hydrogen) atoms. The van der Waals surface area contributed by atoms with Gasteiger partial charge in [-0.1, -0.05) is 35.0 Å². The molecule has 0 unspecified atom stereocenters. The van der Waals surface area contributed by atoms with Crippen LogP contribution in [0.15, 0.2) is 33.7 Å². The zero-order valence-electron chi connectivity index (χ0n) is 17.3. The number of aliphatic imine (C=N–C) groups is 1. The molecular weight excluding hydrogens is 402 g/mol. The van der Waals surface area contributed by atoms with E-state index in [4.69, 9.17) is 0 Å². The fraction of sp³-hybridized carbons (Fsp3) is 0.667. The average molecular weight is 438 g/mol. The summed E-state index contributed by atoms with van der Waals surface area (Å²) in [6.07, 6.45) is 2.31. The van der Waals surface area contributed by atoms with Gasteiger partial charge in [-0.15, -0.1) is 0 Å². The summed E-state index contributed by atoms with van der Waals surface area (Å²) in [6, 6.07) is 9.75. The van der Waals surface area contributed by atoms with E-state index in [0.717, 1.165) is 62.5 Å². The maximum Gasteiger partial charge on any atom is 0.191 e. The third-order valence-corrected chi connectivity index (χ3v) is 5.83. The lowest BCUT2D eigenvalue weighted by molar-refractivity contribution is 0.198. The van der Waals surface area contributed by atoms with E-state index in [2.05, 4.69) is 86.4 Å². The molecule has 0 amide bonds. The Kier molecular flexibility index (Phi) is 9.59. The van der Waals surface area contributed by atoms with Crippen LogP contribution in [0.3, 0.4) is 0 Å². The number of benzene rings is 1. The molecule has 1 aliphatic heterocycles. The number of likely N-dealkylation sites (tertiary alicyclic amines) is 1. The van der Waals surface area contributed by atoms with Crippen LogP contribution in [-0.2, 0) is 6.54 Å². The van der Waals surface area contributed by atoms with Gasteiger partial charge in [-0.05, 0) is 50.9 Å². The summed E-state index contributed by atoms with van der Waals surface area (Å²) in [7, 11) is 1.86. The van der Waals surface area contributed by atoms with Gasteiger partial charge in [-0.25, -0.2) is 0 Å². The van der Waals surface area contributed by atoms with Gasteiger partial charge in [0.05, 0.1) is 0 Å². The molecule has 0 radical (unpaired) electrons. The third-order valence-electron chi connectivity index (χ3n) is 5.30. The smallest absolute Gasteiger partial charge is 0.191 e. The monoisotopic (exact) mass is 437 g/mol. The first-order chi connectivity index (χ1) is 13.0. The zero-order valence-corrected chi connectivity index (χ0v) is 18.9. The highest BCUT2D eigenvalue weighted by molar-refractivity contribution is 9.10. The topological polar surface area (TPSA) is 42.9 Å². The summed E-state index contributed by atoms with van der Waals surface area (Å²) in [4.78, 5) is 9.40. The fourth-order valence-electron chi connectivity index (χ4n) is 3.57. The Morgan fingerprint density at radius 1 is 1.26 bits per heavy atom. The first-order valence-electron chi connectivity index (χ1n) is 10.2. The van der Waals surface area contributed by atoms with Gasteiger partial charge < -0.3 is 10.6 Å². The number of likely N-dealkylation sites (N-methyl/N-ethyl adjacent to an activating group) is 1. The number of piperidine rings is 1. The van der Waals surface area contributed by atoms with Crippen LogP contribution in [0, 0.1) is 0 Å². The van der Waals surface area contributed by atoms with Crippen molar-refractivity contribution in [3.8, 4) is 0 Å². The van der Waals surface area contributed by atoms with Crippen molar-refractivity contribution in [1.82, 2.24) is 20.4 Å². The summed E-state index contributed by atoms with van der Waals surface area (Å²) in [5.74, 6) is 0.932. The molecule has 5 nitrogen and oxygen atoms in total. The molecule has 2 rings (SSSR count). The summed E-state index contributed by atoms with van der Waals surface area (Å²) in [5, 5.41) is 7.08. The number of hydrogen-bond donors (Lipinski definition) is 2. The van der Waals surface area contributed by atoms with Gasteiger partial charge in [0.25, 0.3) is 0 Å². The van der Waals surface area contributed by atoms with Crippen LogP contribution in [0.4, 0.5) is 0 Å². The molecular formula is C21H36BrN5. The van der Waals surface area contributed by atoms with Crippen LogP contribution in [0.25, 0.3) is 0 Å². The largest absolute Gasteiger partial charge is 0.355 e. The number of nitrogens with one attached hydrogen (secondary N) is 2. The summed E-state index contributed by atoms with van der Waals surface area (Å²) in [5.41, 5.74) is 1.38. The van der Waals surface area contributed by atoms with E-state index in [1.54, 1.807) is 0 Å². The third kappa shape index (κ3) is 7.80. The Morgan fingerprint density at radius 2 is 1.93 bits per heavy atom. The number of guanidine groups is 1. The van der Waals surface area contributed by atoms with E-state index < -0.39 is 0 Å². The van der Waals surface area contributed by atoms with E-state index in [-0.39, 0.29) is 0 Å². The van der Waals surface area contributed by atoms with E-state index >= 15 is 0 Å². The van der Waals surface area contributed by atoms with Gasteiger partial charge in [0.2, 0.25) is 0 Å². The minimum absolute atomic E-state index is 0.504. The quantitative estimate of drug-likeness (QED) is 0.483. The van der Waals surface area contributed by atoms with Crippen molar-refractivity contribution in [3.05, 3.63) is 34.3 Å². The van der Waals surface area contributed by atoms with E-state index in [9.17, 15) is 0 Å². The maximum atomic E-state index is 4.40. The number of halogens is 1. The molecule has 1 aliphatic rings. The summed E-state index contributed by atoms with van der Waals surface area (Å²) in [6.45, 7) is 13.1. The number of rotatable bonds is 8. The Bertz CT molecular complexity index is 564. The standard InChI is InChI=1S/C21H36BrN5/c1-5-27(17(2)3)15-12-24-21(23-4)25-20-10-13-26(14-11-20)16-18-6-8-19(22)9-7-18/h6-9,17,20H,5,10-16H2,1-4H3,(H2,23,24,25). The summed E-state index contributed by atoms with van der Waals surface area (Å²) >= 11 is 3.50. The van der Waals surface area contributed by atoms with Crippen LogP contribution >= 0.6 is 15.9 Å². The number of nitrogens with zero attached hydrogens (tertiary/aromatic N) is 3. The van der Waals surface area contributed by atoms with Gasteiger partial charge in [-0.2, -0.15) is 0 Å². The molecule has 1 aromatic carbocycles. The predicted octanol–water partition coefficient (Wildman–Crippen LogP) is 3.31. The maximum absolute atomic E-state index is 4.40. The first kappa shape index (κ1) is 22.2. The molecule has 6 heteroatoms. The average Bonchev–Trinajstić information content (AvgIpc) is 2.67. The van der Waals surface area contributed by atoms with Gasteiger partial charge in [0, 0.05) is 56.3 Å². The molecule has 0 aliphatic carbocycles. The second-order valence-electron chi connectivity index (χ2n) is 7.54. The molecule has 0 spiro atoms. The van der Waals surface area contributed by atoms with Crippen LogP contribution in [0.5, 0.6) is 0 Å². The molecule has 1 aromatic rings.